The summed E-state index contributed by atoms with van der Waals surface area (Å²) in [6, 6.07) is 5.62. The lowest BCUT2D eigenvalue weighted by Gasteiger charge is -2.24. The monoisotopic (exact) mass is 462 g/mol. The Balaban J connectivity index is 1.51. The second-order valence-corrected chi connectivity index (χ2v) is 10.0. The number of likely N-dealkylation sites (tertiary alicyclic amines) is 1. The summed E-state index contributed by atoms with van der Waals surface area (Å²) < 4.78 is 0.707. The lowest BCUT2D eigenvalue weighted by Crippen LogP contribution is -2.36. The van der Waals surface area contributed by atoms with E-state index in [-0.39, 0.29) is 17.6 Å². The standard InChI is InChI=1S/C17H16Cl2N2O3S3/c18-10-5-11(19)7-13(6-10)26-8-12-1-2-15(22)21(12)3-4-25-17-20-14(9-27-17)16(23)24/h5-7,9,12H,1-4,8H2,(H,23,24). The zero-order chi connectivity index (χ0) is 19.4. The third kappa shape index (κ3) is 5.77. The molecule has 5 nitrogen and oxygen atoms in total. The SMILES string of the molecule is O=C(O)c1csc(SCCN2C(=O)CCC2CSc2cc(Cl)cc(Cl)c2)n1. The molecule has 0 radical (unpaired) electrons. The predicted octanol–water partition coefficient (Wildman–Crippen LogP) is 5.02. The Morgan fingerprint density at radius 2 is 2.04 bits per heavy atom. The molecule has 3 rings (SSSR count). The van der Waals surface area contributed by atoms with Crippen LogP contribution in [0.2, 0.25) is 10.0 Å². The first kappa shape index (κ1) is 20.8. The Morgan fingerprint density at radius 3 is 2.70 bits per heavy atom. The number of rotatable bonds is 8. The van der Waals surface area contributed by atoms with Crippen molar-refractivity contribution in [2.75, 3.05) is 18.1 Å². The quantitative estimate of drug-likeness (QED) is 0.555. The van der Waals surface area contributed by atoms with Gasteiger partial charge in [-0.15, -0.1) is 23.1 Å². The Kier molecular flexibility index (Phi) is 7.33. The Bertz CT molecular complexity index is 826. The molecular weight excluding hydrogens is 447 g/mol. The summed E-state index contributed by atoms with van der Waals surface area (Å²) in [5, 5.41) is 11.6. The van der Waals surface area contributed by atoms with Crippen molar-refractivity contribution in [2.24, 2.45) is 0 Å². The molecule has 1 aromatic carbocycles. The van der Waals surface area contributed by atoms with Crippen molar-refractivity contribution in [1.29, 1.82) is 0 Å². The van der Waals surface area contributed by atoms with Gasteiger partial charge in [-0.05, 0) is 24.6 Å². The van der Waals surface area contributed by atoms with Gasteiger partial charge in [0.2, 0.25) is 5.91 Å². The lowest BCUT2D eigenvalue weighted by molar-refractivity contribution is -0.128. The molecule has 1 saturated heterocycles. The number of carbonyl (C=O) groups excluding carboxylic acids is 1. The zero-order valence-electron chi connectivity index (χ0n) is 14.1. The van der Waals surface area contributed by atoms with E-state index in [1.807, 2.05) is 17.0 Å². The third-order valence-electron chi connectivity index (χ3n) is 3.99. The largest absolute Gasteiger partial charge is 0.476 e. The maximum absolute atomic E-state index is 12.2. The van der Waals surface area contributed by atoms with Crippen LogP contribution < -0.4 is 0 Å². The van der Waals surface area contributed by atoms with E-state index < -0.39 is 5.97 Å². The molecular formula is C17H16Cl2N2O3S3. The first-order valence-corrected chi connectivity index (χ1v) is 11.7. The van der Waals surface area contributed by atoms with Gasteiger partial charge < -0.3 is 10.0 Å². The van der Waals surface area contributed by atoms with Crippen molar-refractivity contribution in [1.82, 2.24) is 9.88 Å². The van der Waals surface area contributed by atoms with Crippen molar-refractivity contribution in [2.45, 2.75) is 28.1 Å². The van der Waals surface area contributed by atoms with Gasteiger partial charge in [-0.2, -0.15) is 0 Å². The number of carbonyl (C=O) groups is 2. The van der Waals surface area contributed by atoms with Gasteiger partial charge in [0.1, 0.15) is 0 Å². The van der Waals surface area contributed by atoms with Gasteiger partial charge in [0.15, 0.2) is 10.0 Å². The minimum Gasteiger partial charge on any atom is -0.476 e. The van der Waals surface area contributed by atoms with Crippen LogP contribution in [-0.4, -0.2) is 51.0 Å². The van der Waals surface area contributed by atoms with Crippen molar-refractivity contribution >= 4 is 69.9 Å². The minimum atomic E-state index is -1.02. The van der Waals surface area contributed by atoms with Gasteiger partial charge >= 0.3 is 5.97 Å². The maximum Gasteiger partial charge on any atom is 0.355 e. The van der Waals surface area contributed by atoms with E-state index in [4.69, 9.17) is 28.3 Å². The molecule has 1 fully saturated rings. The van der Waals surface area contributed by atoms with E-state index >= 15 is 0 Å². The van der Waals surface area contributed by atoms with Gasteiger partial charge in [-0.25, -0.2) is 9.78 Å². The average molecular weight is 463 g/mol. The molecule has 2 aromatic rings. The van der Waals surface area contributed by atoms with Crippen LogP contribution in [0.15, 0.2) is 32.8 Å². The summed E-state index contributed by atoms with van der Waals surface area (Å²) in [7, 11) is 0. The number of carboxylic acids is 1. The number of aromatic nitrogens is 1. The van der Waals surface area contributed by atoms with Gasteiger partial charge in [0, 0.05) is 50.8 Å². The van der Waals surface area contributed by atoms with Gasteiger partial charge in [-0.3, -0.25) is 4.79 Å². The van der Waals surface area contributed by atoms with Crippen molar-refractivity contribution in [3.63, 3.8) is 0 Å². The molecule has 0 aliphatic carbocycles. The van der Waals surface area contributed by atoms with Gasteiger partial charge in [0.25, 0.3) is 0 Å². The molecule has 0 bridgehead atoms. The van der Waals surface area contributed by atoms with E-state index in [0.29, 0.717) is 33.1 Å². The Labute approximate surface area is 179 Å². The maximum atomic E-state index is 12.2. The van der Waals surface area contributed by atoms with Crippen LogP contribution in [0, 0.1) is 0 Å². The van der Waals surface area contributed by atoms with Crippen molar-refractivity contribution in [3.8, 4) is 0 Å². The summed E-state index contributed by atoms with van der Waals surface area (Å²) in [5.41, 5.74) is 0.0641. The third-order valence-corrected chi connectivity index (χ3v) is 7.55. The smallest absolute Gasteiger partial charge is 0.355 e. The highest BCUT2D eigenvalue weighted by atomic mass is 35.5. The van der Waals surface area contributed by atoms with Crippen LogP contribution >= 0.6 is 58.1 Å². The normalized spacial score (nSPS) is 16.9. The number of benzene rings is 1. The fourth-order valence-corrected chi connectivity index (χ4v) is 6.35. The molecule has 1 unspecified atom stereocenters. The number of hydrogen-bond acceptors (Lipinski definition) is 6. The summed E-state index contributed by atoms with van der Waals surface area (Å²) in [6.07, 6.45) is 1.40. The number of carboxylic acid groups (broad SMARTS) is 1. The fraction of sp³-hybridized carbons (Fsp3) is 0.353. The topological polar surface area (TPSA) is 70.5 Å². The van der Waals surface area contributed by atoms with Gasteiger partial charge in [-0.1, -0.05) is 35.0 Å². The van der Waals surface area contributed by atoms with E-state index in [2.05, 4.69) is 4.98 Å². The molecule has 0 saturated carbocycles. The van der Waals surface area contributed by atoms with E-state index in [9.17, 15) is 9.59 Å². The average Bonchev–Trinajstić information content (AvgIpc) is 3.20. The molecule has 0 spiro atoms. The van der Waals surface area contributed by atoms with Crippen LogP contribution in [0.25, 0.3) is 0 Å². The number of amides is 1. The fourth-order valence-electron chi connectivity index (χ4n) is 2.73. The van der Waals surface area contributed by atoms with E-state index in [0.717, 1.165) is 17.1 Å². The first-order valence-electron chi connectivity index (χ1n) is 8.12. The Morgan fingerprint density at radius 1 is 1.30 bits per heavy atom. The van der Waals surface area contributed by atoms with Crippen molar-refractivity contribution in [3.05, 3.63) is 39.3 Å². The highest BCUT2D eigenvalue weighted by Crippen LogP contribution is 2.31. The molecule has 1 atom stereocenters. The second-order valence-electron chi connectivity index (χ2n) is 5.85. The highest BCUT2D eigenvalue weighted by Gasteiger charge is 2.30. The molecule has 1 aliphatic heterocycles. The number of nitrogens with zero attached hydrogens (tertiary/aromatic N) is 2. The molecule has 10 heteroatoms. The van der Waals surface area contributed by atoms with Crippen molar-refractivity contribution < 1.29 is 14.7 Å². The van der Waals surface area contributed by atoms with Crippen LogP contribution in [-0.2, 0) is 4.79 Å². The van der Waals surface area contributed by atoms with Crippen LogP contribution in [0.4, 0.5) is 0 Å². The number of thioether (sulfide) groups is 2. The summed E-state index contributed by atoms with van der Waals surface area (Å²) >= 11 is 16.5. The summed E-state index contributed by atoms with van der Waals surface area (Å²) in [5.74, 6) is 0.609. The number of halogens is 2. The number of hydrogen-bond donors (Lipinski definition) is 1. The zero-order valence-corrected chi connectivity index (χ0v) is 18.0. The minimum absolute atomic E-state index is 0.0641. The number of thiazole rings is 1. The van der Waals surface area contributed by atoms with E-state index in [1.165, 1.54) is 28.5 Å². The highest BCUT2D eigenvalue weighted by molar-refractivity contribution is 8.01. The van der Waals surface area contributed by atoms with E-state index in [1.54, 1.807) is 17.8 Å². The molecule has 1 aliphatic rings. The second kappa shape index (κ2) is 9.52. The molecule has 2 heterocycles. The molecule has 1 N–H and O–H groups in total. The molecule has 1 amide bonds. The molecule has 144 valence electrons. The van der Waals surface area contributed by atoms with Gasteiger partial charge in [0.05, 0.1) is 0 Å². The lowest BCUT2D eigenvalue weighted by atomic mass is 10.2. The number of aromatic carboxylic acids is 1. The first-order chi connectivity index (χ1) is 12.9. The Hall–Kier alpha value is -0.930. The van der Waals surface area contributed by atoms with Crippen LogP contribution in [0.1, 0.15) is 23.3 Å². The molecule has 1 aromatic heterocycles. The predicted molar refractivity (Wildman–Crippen MR) is 112 cm³/mol. The summed E-state index contributed by atoms with van der Waals surface area (Å²) in [4.78, 5) is 30.1. The van der Waals surface area contributed by atoms with Crippen LogP contribution in [0.3, 0.4) is 0 Å². The summed E-state index contributed by atoms with van der Waals surface area (Å²) in [6.45, 7) is 0.618. The van der Waals surface area contributed by atoms with Crippen LogP contribution in [0.5, 0.6) is 0 Å². The molecule has 27 heavy (non-hydrogen) atoms.